The molecule has 0 saturated carbocycles. The number of carbonyl (C=O) groups is 2. The Labute approximate surface area is 84.3 Å². The molecule has 0 rings (SSSR count). The lowest BCUT2D eigenvalue weighted by Gasteiger charge is -2.02. The normalized spacial score (nSPS) is 9.79. The summed E-state index contributed by atoms with van der Waals surface area (Å²) in [6.45, 7) is 2.51. The highest BCUT2D eigenvalue weighted by atomic mass is 16.5. The number of hydrogen-bond acceptors (Lipinski definition) is 3. The van der Waals surface area contributed by atoms with Crippen molar-refractivity contribution in [1.82, 2.24) is 0 Å². The lowest BCUT2D eigenvalue weighted by atomic mass is 10.2. The number of rotatable bonds is 8. The van der Waals surface area contributed by atoms with Crippen LogP contribution < -0.4 is 0 Å². The largest absolute Gasteiger partial charge is 0.481 e. The summed E-state index contributed by atoms with van der Waals surface area (Å²) >= 11 is 0. The highest BCUT2D eigenvalue weighted by molar-refractivity contribution is 5.69. The summed E-state index contributed by atoms with van der Waals surface area (Å²) in [5.74, 6) is -1.03. The first-order valence-corrected chi connectivity index (χ1v) is 5.04. The molecule has 0 radical (unpaired) electrons. The zero-order chi connectivity index (χ0) is 10.8. The third-order valence-corrected chi connectivity index (χ3v) is 1.78. The highest BCUT2D eigenvalue weighted by Gasteiger charge is 2.03. The van der Waals surface area contributed by atoms with Gasteiger partial charge in [-0.3, -0.25) is 9.59 Å². The molecule has 0 aromatic carbocycles. The van der Waals surface area contributed by atoms with Gasteiger partial charge in [-0.15, -0.1) is 0 Å². The molecule has 82 valence electrons. The third kappa shape index (κ3) is 9.03. The van der Waals surface area contributed by atoms with E-state index in [2.05, 4.69) is 0 Å². The van der Waals surface area contributed by atoms with Crippen LogP contribution in [-0.2, 0) is 14.3 Å². The molecule has 0 aliphatic heterocycles. The molecule has 0 bridgehead atoms. The third-order valence-electron chi connectivity index (χ3n) is 1.78. The van der Waals surface area contributed by atoms with Crippen molar-refractivity contribution < 1.29 is 19.4 Å². The van der Waals surface area contributed by atoms with E-state index in [9.17, 15) is 9.59 Å². The van der Waals surface area contributed by atoms with Crippen molar-refractivity contribution >= 4 is 11.9 Å². The Balaban J connectivity index is 3.22. The van der Waals surface area contributed by atoms with Crippen LogP contribution >= 0.6 is 0 Å². The maximum atomic E-state index is 11.0. The van der Waals surface area contributed by atoms with Gasteiger partial charge in [0, 0.05) is 12.8 Å². The quantitative estimate of drug-likeness (QED) is 0.483. The van der Waals surface area contributed by atoms with E-state index >= 15 is 0 Å². The average Bonchev–Trinajstić information content (AvgIpc) is 2.13. The van der Waals surface area contributed by atoms with E-state index in [0.29, 0.717) is 25.9 Å². The number of hydrogen-bond donors (Lipinski definition) is 1. The summed E-state index contributed by atoms with van der Waals surface area (Å²) in [6, 6.07) is 0. The molecule has 0 heterocycles. The van der Waals surface area contributed by atoms with Gasteiger partial charge in [0.1, 0.15) is 0 Å². The molecule has 4 nitrogen and oxygen atoms in total. The van der Waals surface area contributed by atoms with Gasteiger partial charge < -0.3 is 9.84 Å². The molecular weight excluding hydrogens is 184 g/mol. The molecule has 0 aliphatic rings. The van der Waals surface area contributed by atoms with E-state index in [1.54, 1.807) is 0 Å². The summed E-state index contributed by atoms with van der Waals surface area (Å²) < 4.78 is 4.90. The van der Waals surface area contributed by atoms with Gasteiger partial charge in [0.15, 0.2) is 0 Å². The van der Waals surface area contributed by atoms with Gasteiger partial charge in [0.2, 0.25) is 0 Å². The van der Waals surface area contributed by atoms with Crippen LogP contribution in [0.15, 0.2) is 0 Å². The fourth-order valence-electron chi connectivity index (χ4n) is 0.948. The minimum atomic E-state index is -0.815. The van der Waals surface area contributed by atoms with Gasteiger partial charge in [0.05, 0.1) is 6.61 Å². The molecule has 0 atom stereocenters. The summed E-state index contributed by atoms with van der Waals surface area (Å²) in [5, 5.41) is 8.34. The van der Waals surface area contributed by atoms with Crippen molar-refractivity contribution in [2.24, 2.45) is 0 Å². The number of carboxylic acid groups (broad SMARTS) is 1. The van der Waals surface area contributed by atoms with Gasteiger partial charge in [-0.25, -0.2) is 0 Å². The van der Waals surface area contributed by atoms with Crippen LogP contribution in [0.25, 0.3) is 0 Å². The van der Waals surface area contributed by atoms with Crippen molar-refractivity contribution in [2.75, 3.05) is 6.61 Å². The Kier molecular flexibility index (Phi) is 7.89. The standard InChI is InChI=1S/C10H18O4/c1-2-3-8-14-10(13)7-5-4-6-9(11)12/h2-8H2,1H3,(H,11,12). The smallest absolute Gasteiger partial charge is 0.305 e. The van der Waals surface area contributed by atoms with E-state index in [-0.39, 0.29) is 12.4 Å². The number of aliphatic carboxylic acids is 1. The average molecular weight is 202 g/mol. The van der Waals surface area contributed by atoms with E-state index in [1.807, 2.05) is 6.92 Å². The fourth-order valence-corrected chi connectivity index (χ4v) is 0.948. The Hall–Kier alpha value is -1.06. The van der Waals surface area contributed by atoms with E-state index in [1.165, 1.54) is 0 Å². The molecule has 4 heteroatoms. The lowest BCUT2D eigenvalue weighted by Crippen LogP contribution is -2.05. The van der Waals surface area contributed by atoms with E-state index in [4.69, 9.17) is 9.84 Å². The monoisotopic (exact) mass is 202 g/mol. The second kappa shape index (κ2) is 8.53. The van der Waals surface area contributed by atoms with Crippen molar-refractivity contribution in [2.45, 2.75) is 45.4 Å². The molecule has 1 N–H and O–H groups in total. The van der Waals surface area contributed by atoms with Crippen LogP contribution in [0.4, 0.5) is 0 Å². The van der Waals surface area contributed by atoms with Gasteiger partial charge in [-0.2, -0.15) is 0 Å². The first kappa shape index (κ1) is 12.9. The molecule has 0 spiro atoms. The summed E-state index contributed by atoms with van der Waals surface area (Å²) in [4.78, 5) is 21.1. The van der Waals surface area contributed by atoms with Crippen LogP contribution in [0.5, 0.6) is 0 Å². The molecule has 0 amide bonds. The Bertz CT molecular complexity index is 177. The molecule has 14 heavy (non-hydrogen) atoms. The zero-order valence-electron chi connectivity index (χ0n) is 8.62. The first-order chi connectivity index (χ1) is 6.66. The van der Waals surface area contributed by atoms with Gasteiger partial charge in [-0.05, 0) is 19.3 Å². The molecule has 0 aromatic heterocycles. The van der Waals surface area contributed by atoms with Crippen LogP contribution in [0.3, 0.4) is 0 Å². The molecule has 0 aliphatic carbocycles. The number of carboxylic acids is 1. The van der Waals surface area contributed by atoms with Gasteiger partial charge >= 0.3 is 11.9 Å². The fraction of sp³-hybridized carbons (Fsp3) is 0.800. The highest BCUT2D eigenvalue weighted by Crippen LogP contribution is 2.01. The summed E-state index contributed by atoms with van der Waals surface area (Å²) in [7, 11) is 0. The van der Waals surface area contributed by atoms with Gasteiger partial charge in [-0.1, -0.05) is 13.3 Å². The topological polar surface area (TPSA) is 63.6 Å². The molecule has 0 unspecified atom stereocenters. The predicted molar refractivity (Wildman–Crippen MR) is 52.0 cm³/mol. The van der Waals surface area contributed by atoms with Gasteiger partial charge in [0.25, 0.3) is 0 Å². The van der Waals surface area contributed by atoms with Crippen molar-refractivity contribution in [3.05, 3.63) is 0 Å². The summed E-state index contributed by atoms with van der Waals surface area (Å²) in [6.07, 6.45) is 3.49. The van der Waals surface area contributed by atoms with Crippen LogP contribution in [-0.4, -0.2) is 23.7 Å². The molecule has 0 aromatic rings. The van der Waals surface area contributed by atoms with Crippen molar-refractivity contribution in [1.29, 1.82) is 0 Å². The SMILES string of the molecule is CCCCOC(=O)CCCCC(=O)O. The van der Waals surface area contributed by atoms with Crippen LogP contribution in [0.1, 0.15) is 45.4 Å². The Morgan fingerprint density at radius 2 is 1.79 bits per heavy atom. The lowest BCUT2D eigenvalue weighted by molar-refractivity contribution is -0.144. The minimum absolute atomic E-state index is 0.127. The van der Waals surface area contributed by atoms with Crippen molar-refractivity contribution in [3.8, 4) is 0 Å². The minimum Gasteiger partial charge on any atom is -0.481 e. The van der Waals surface area contributed by atoms with Crippen LogP contribution in [0.2, 0.25) is 0 Å². The predicted octanol–water partition coefficient (Wildman–Crippen LogP) is 1.97. The van der Waals surface area contributed by atoms with Crippen LogP contribution in [0, 0.1) is 0 Å². The number of carbonyl (C=O) groups excluding carboxylic acids is 1. The summed E-state index contributed by atoms with van der Waals surface area (Å²) in [5.41, 5.74) is 0. The maximum Gasteiger partial charge on any atom is 0.305 e. The second-order valence-electron chi connectivity index (χ2n) is 3.17. The first-order valence-electron chi connectivity index (χ1n) is 5.04. The Morgan fingerprint density at radius 1 is 1.14 bits per heavy atom. The number of esters is 1. The number of ether oxygens (including phenoxy) is 1. The number of unbranched alkanes of at least 4 members (excludes halogenated alkanes) is 2. The van der Waals surface area contributed by atoms with E-state index < -0.39 is 5.97 Å². The van der Waals surface area contributed by atoms with Crippen molar-refractivity contribution in [3.63, 3.8) is 0 Å². The molecule has 0 saturated heterocycles. The molecular formula is C10H18O4. The Morgan fingerprint density at radius 3 is 2.36 bits per heavy atom. The maximum absolute atomic E-state index is 11.0. The van der Waals surface area contributed by atoms with E-state index in [0.717, 1.165) is 12.8 Å². The molecule has 0 fully saturated rings. The second-order valence-corrected chi connectivity index (χ2v) is 3.17. The zero-order valence-corrected chi connectivity index (χ0v) is 8.62.